The zero-order valence-corrected chi connectivity index (χ0v) is 12.0. The average molecular weight is 339 g/mol. The summed E-state index contributed by atoms with van der Waals surface area (Å²) in [5.41, 5.74) is -0.519. The highest BCUT2D eigenvalue weighted by Crippen LogP contribution is 2.29. The number of nitriles is 1. The van der Waals surface area contributed by atoms with Crippen LogP contribution in [0.1, 0.15) is 16.7 Å². The number of benzene rings is 2. The molecular weight excluding hydrogens is 333 g/mol. The fourth-order valence-corrected chi connectivity index (χ4v) is 2.07. The summed E-state index contributed by atoms with van der Waals surface area (Å²) in [5, 5.41) is 10.0. The Hall–Kier alpha value is -2.51. The minimum atomic E-state index is -4.44. The Morgan fingerprint density at radius 1 is 0.870 bits per heavy atom. The van der Waals surface area contributed by atoms with E-state index in [1.807, 2.05) is 0 Å². The van der Waals surface area contributed by atoms with Gasteiger partial charge in [-0.05, 0) is 48.2 Å². The van der Waals surface area contributed by atoms with Gasteiger partial charge in [0.15, 0.2) is 0 Å². The minimum absolute atomic E-state index is 0.0159. The van der Waals surface area contributed by atoms with Crippen LogP contribution >= 0.6 is 11.8 Å². The van der Waals surface area contributed by atoms with E-state index < -0.39 is 28.3 Å². The predicted molar refractivity (Wildman–Crippen MR) is 75.3 cm³/mol. The lowest BCUT2D eigenvalue weighted by atomic mass is 10.1. The molecule has 2 rings (SSSR count). The van der Waals surface area contributed by atoms with Crippen molar-refractivity contribution in [1.29, 1.82) is 5.26 Å². The molecule has 7 heteroatoms. The van der Waals surface area contributed by atoms with Crippen molar-refractivity contribution < 1.29 is 22.0 Å². The van der Waals surface area contributed by atoms with Gasteiger partial charge in [0, 0.05) is 11.1 Å². The molecule has 0 saturated heterocycles. The maximum absolute atomic E-state index is 13.6. The first-order valence-corrected chi connectivity index (χ1v) is 6.87. The SMILES string of the molecule is N#CSc1c(F)cc(C#Cc2ccc(C(F)(F)F)cc2)cc1F. The second-order valence-corrected chi connectivity index (χ2v) is 5.08. The predicted octanol–water partition coefficient (Wildman–Crippen LogP) is 4.96. The molecule has 0 aliphatic heterocycles. The normalized spacial score (nSPS) is 10.6. The van der Waals surface area contributed by atoms with Crippen molar-refractivity contribution in [2.45, 2.75) is 11.1 Å². The molecule has 0 unspecified atom stereocenters. The molecule has 0 aliphatic rings. The Bertz CT molecular complexity index is 800. The molecule has 0 fully saturated rings. The molecule has 2 aromatic carbocycles. The molecule has 2 aromatic rings. The van der Waals surface area contributed by atoms with Crippen LogP contribution in [0.4, 0.5) is 22.0 Å². The van der Waals surface area contributed by atoms with Gasteiger partial charge in [0.1, 0.15) is 17.0 Å². The summed E-state index contributed by atoms with van der Waals surface area (Å²) in [6.45, 7) is 0. The molecule has 0 heterocycles. The molecule has 0 aliphatic carbocycles. The van der Waals surface area contributed by atoms with Crippen molar-refractivity contribution in [3.63, 3.8) is 0 Å². The minimum Gasteiger partial charge on any atom is -0.206 e. The van der Waals surface area contributed by atoms with Crippen molar-refractivity contribution in [2.75, 3.05) is 0 Å². The Labute approximate surface area is 132 Å². The summed E-state index contributed by atoms with van der Waals surface area (Å²) in [6, 6.07) is 6.00. The highest BCUT2D eigenvalue weighted by atomic mass is 32.2. The molecule has 0 radical (unpaired) electrons. The number of hydrogen-bond acceptors (Lipinski definition) is 2. The molecule has 0 N–H and O–H groups in total. The summed E-state index contributed by atoms with van der Waals surface area (Å²) in [7, 11) is 0. The Kier molecular flexibility index (Phi) is 4.92. The smallest absolute Gasteiger partial charge is 0.206 e. The van der Waals surface area contributed by atoms with Crippen molar-refractivity contribution in [2.24, 2.45) is 0 Å². The van der Waals surface area contributed by atoms with E-state index in [9.17, 15) is 22.0 Å². The molecule has 0 spiro atoms. The Morgan fingerprint density at radius 3 is 1.87 bits per heavy atom. The third-order valence-corrected chi connectivity index (χ3v) is 3.39. The van der Waals surface area contributed by atoms with Crippen LogP contribution in [0.5, 0.6) is 0 Å². The zero-order chi connectivity index (χ0) is 17.0. The van der Waals surface area contributed by atoms with E-state index in [0.29, 0.717) is 11.8 Å². The molecule has 0 atom stereocenters. The topological polar surface area (TPSA) is 23.8 Å². The standard InChI is InChI=1S/C16H6F5NS/c17-13-7-11(8-14(18)15(13)23-9-22)2-1-10-3-5-12(6-4-10)16(19,20)21/h3-8H. The van der Waals surface area contributed by atoms with Crippen LogP contribution in [-0.4, -0.2) is 0 Å². The molecule has 116 valence electrons. The highest BCUT2D eigenvalue weighted by molar-refractivity contribution is 8.03. The first kappa shape index (κ1) is 16.9. The van der Waals surface area contributed by atoms with Gasteiger partial charge in [-0.1, -0.05) is 11.8 Å². The summed E-state index contributed by atoms with van der Waals surface area (Å²) in [5.74, 6) is 3.14. The van der Waals surface area contributed by atoms with E-state index in [2.05, 4.69) is 11.8 Å². The van der Waals surface area contributed by atoms with Gasteiger partial charge in [-0.15, -0.1) is 0 Å². The monoisotopic (exact) mass is 339 g/mol. The molecule has 0 saturated carbocycles. The van der Waals surface area contributed by atoms with Gasteiger partial charge in [-0.25, -0.2) is 8.78 Å². The van der Waals surface area contributed by atoms with E-state index in [0.717, 1.165) is 24.3 Å². The van der Waals surface area contributed by atoms with E-state index in [1.54, 1.807) is 5.40 Å². The van der Waals surface area contributed by atoms with Crippen molar-refractivity contribution in [1.82, 2.24) is 0 Å². The van der Waals surface area contributed by atoms with Gasteiger partial charge >= 0.3 is 6.18 Å². The third kappa shape index (κ3) is 4.24. The fourth-order valence-electron chi connectivity index (χ4n) is 1.66. The molecule has 1 nitrogen and oxygen atoms in total. The van der Waals surface area contributed by atoms with Gasteiger partial charge in [-0.3, -0.25) is 0 Å². The summed E-state index contributed by atoms with van der Waals surface area (Å²) < 4.78 is 64.5. The lowest BCUT2D eigenvalue weighted by molar-refractivity contribution is -0.137. The lowest BCUT2D eigenvalue weighted by Crippen LogP contribution is -2.04. The molecule has 23 heavy (non-hydrogen) atoms. The van der Waals surface area contributed by atoms with Gasteiger partial charge in [-0.2, -0.15) is 18.4 Å². The van der Waals surface area contributed by atoms with Crippen LogP contribution in [0, 0.1) is 34.1 Å². The zero-order valence-electron chi connectivity index (χ0n) is 11.2. The van der Waals surface area contributed by atoms with Crippen LogP contribution in [0.15, 0.2) is 41.3 Å². The number of hydrogen-bond donors (Lipinski definition) is 0. The molecule has 0 aromatic heterocycles. The molecule has 0 amide bonds. The first-order valence-electron chi connectivity index (χ1n) is 6.05. The van der Waals surface area contributed by atoms with Crippen LogP contribution in [0.25, 0.3) is 0 Å². The van der Waals surface area contributed by atoms with Gasteiger partial charge in [0.2, 0.25) is 0 Å². The average Bonchev–Trinajstić information content (AvgIpc) is 2.48. The maximum Gasteiger partial charge on any atom is 0.416 e. The quantitative estimate of drug-likeness (QED) is 0.317. The van der Waals surface area contributed by atoms with Crippen LogP contribution < -0.4 is 0 Å². The fraction of sp³-hybridized carbons (Fsp3) is 0.0625. The lowest BCUT2D eigenvalue weighted by Gasteiger charge is -2.05. The number of thioether (sulfide) groups is 1. The number of nitrogens with zero attached hydrogens (tertiary/aromatic N) is 1. The Morgan fingerprint density at radius 2 is 1.39 bits per heavy atom. The molecular formula is C16H6F5NS. The van der Waals surface area contributed by atoms with Crippen LogP contribution in [0.3, 0.4) is 0 Å². The van der Waals surface area contributed by atoms with Gasteiger partial charge < -0.3 is 0 Å². The highest BCUT2D eigenvalue weighted by Gasteiger charge is 2.29. The van der Waals surface area contributed by atoms with Crippen LogP contribution in [-0.2, 0) is 6.18 Å². The van der Waals surface area contributed by atoms with Gasteiger partial charge in [0.05, 0.1) is 10.5 Å². The summed E-state index contributed by atoms with van der Waals surface area (Å²) in [6.07, 6.45) is -4.44. The van der Waals surface area contributed by atoms with E-state index in [4.69, 9.17) is 5.26 Å². The summed E-state index contributed by atoms with van der Waals surface area (Å²) >= 11 is 0.356. The third-order valence-electron chi connectivity index (χ3n) is 2.71. The van der Waals surface area contributed by atoms with Crippen molar-refractivity contribution >= 4 is 11.8 Å². The molecule has 0 bridgehead atoms. The summed E-state index contributed by atoms with van der Waals surface area (Å²) in [4.78, 5) is -0.424. The van der Waals surface area contributed by atoms with E-state index in [1.165, 1.54) is 12.1 Å². The van der Waals surface area contributed by atoms with E-state index >= 15 is 0 Å². The second-order valence-electron chi connectivity index (χ2n) is 4.29. The maximum atomic E-state index is 13.6. The second kappa shape index (κ2) is 6.72. The number of halogens is 5. The largest absolute Gasteiger partial charge is 0.416 e. The number of thiocyanates is 1. The van der Waals surface area contributed by atoms with Crippen molar-refractivity contribution in [3.8, 4) is 17.2 Å². The van der Waals surface area contributed by atoms with E-state index in [-0.39, 0.29) is 11.1 Å². The number of alkyl halides is 3. The Balaban J connectivity index is 2.27. The first-order chi connectivity index (χ1) is 10.8. The van der Waals surface area contributed by atoms with Gasteiger partial charge in [0.25, 0.3) is 0 Å². The van der Waals surface area contributed by atoms with Crippen molar-refractivity contribution in [3.05, 3.63) is 64.7 Å². The number of rotatable bonds is 1. The van der Waals surface area contributed by atoms with Crippen LogP contribution in [0.2, 0.25) is 0 Å².